The van der Waals surface area contributed by atoms with E-state index in [1.165, 1.54) is 0 Å². The van der Waals surface area contributed by atoms with Gasteiger partial charge in [-0.05, 0) is 37.8 Å². The molecular weight excluding hydrogens is 294 g/mol. The van der Waals surface area contributed by atoms with E-state index in [-0.39, 0.29) is 5.91 Å². The maximum atomic E-state index is 12.5. The zero-order chi connectivity index (χ0) is 15.5. The molecule has 5 heteroatoms. The highest BCUT2D eigenvalue weighted by Crippen LogP contribution is 2.28. The van der Waals surface area contributed by atoms with Gasteiger partial charge in [0, 0.05) is 35.9 Å². The van der Waals surface area contributed by atoms with Gasteiger partial charge in [-0.2, -0.15) is 0 Å². The molecule has 0 unspecified atom stereocenters. The number of amides is 1. The molecule has 2 aromatic rings. The van der Waals surface area contributed by atoms with Gasteiger partial charge < -0.3 is 4.90 Å². The zero-order valence-corrected chi connectivity index (χ0v) is 13.9. The molecule has 1 aliphatic heterocycles. The van der Waals surface area contributed by atoms with Crippen LogP contribution in [-0.2, 0) is 11.2 Å². The first-order valence-electron chi connectivity index (χ1n) is 7.78. The van der Waals surface area contributed by atoms with Crippen molar-refractivity contribution in [2.24, 2.45) is 5.92 Å². The van der Waals surface area contributed by atoms with Crippen LogP contribution in [0.1, 0.15) is 30.3 Å². The molecule has 3 rings (SSSR count). The Morgan fingerprint density at radius 3 is 2.86 bits per heavy atom. The molecule has 0 aliphatic carbocycles. The normalized spacial score (nSPS) is 16.0. The third-order valence-corrected chi connectivity index (χ3v) is 5.46. The van der Waals surface area contributed by atoms with E-state index in [0.29, 0.717) is 6.42 Å². The van der Waals surface area contributed by atoms with Gasteiger partial charge in [0.1, 0.15) is 5.01 Å². The van der Waals surface area contributed by atoms with Crippen molar-refractivity contribution in [3.05, 3.63) is 35.1 Å². The summed E-state index contributed by atoms with van der Waals surface area (Å²) in [6.07, 6.45) is 6.28. The molecule has 116 valence electrons. The van der Waals surface area contributed by atoms with E-state index in [9.17, 15) is 4.79 Å². The molecule has 0 bridgehead atoms. The fraction of sp³-hybridized carbons (Fsp3) is 0.471. The third kappa shape index (κ3) is 3.35. The van der Waals surface area contributed by atoms with E-state index >= 15 is 0 Å². The summed E-state index contributed by atoms with van der Waals surface area (Å²) in [5.74, 6) is 0.975. The molecule has 0 aromatic carbocycles. The Labute approximate surface area is 135 Å². The summed E-state index contributed by atoms with van der Waals surface area (Å²) in [6.45, 7) is 6.03. The maximum Gasteiger partial charge on any atom is 0.227 e. The van der Waals surface area contributed by atoms with Crippen molar-refractivity contribution in [1.29, 1.82) is 0 Å². The first-order valence-corrected chi connectivity index (χ1v) is 8.59. The van der Waals surface area contributed by atoms with Crippen molar-refractivity contribution in [3.63, 3.8) is 0 Å². The van der Waals surface area contributed by atoms with Crippen molar-refractivity contribution >= 4 is 17.2 Å². The van der Waals surface area contributed by atoms with Gasteiger partial charge in [-0.15, -0.1) is 11.3 Å². The lowest BCUT2D eigenvalue weighted by molar-refractivity contribution is -0.131. The Morgan fingerprint density at radius 1 is 1.41 bits per heavy atom. The number of pyridine rings is 1. The van der Waals surface area contributed by atoms with Crippen LogP contribution in [0.3, 0.4) is 0 Å². The van der Waals surface area contributed by atoms with Crippen LogP contribution < -0.4 is 0 Å². The van der Waals surface area contributed by atoms with Gasteiger partial charge in [-0.3, -0.25) is 9.78 Å². The Hall–Kier alpha value is -1.75. The number of aryl methyl sites for hydroxylation is 1. The molecule has 1 saturated heterocycles. The van der Waals surface area contributed by atoms with Crippen molar-refractivity contribution in [1.82, 2.24) is 14.9 Å². The monoisotopic (exact) mass is 315 g/mol. The predicted octanol–water partition coefficient (Wildman–Crippen LogP) is 3.31. The van der Waals surface area contributed by atoms with Crippen molar-refractivity contribution < 1.29 is 4.79 Å². The van der Waals surface area contributed by atoms with Gasteiger partial charge in [-0.1, -0.05) is 6.92 Å². The molecule has 1 fully saturated rings. The van der Waals surface area contributed by atoms with Crippen molar-refractivity contribution in [2.75, 3.05) is 13.1 Å². The van der Waals surface area contributed by atoms with Gasteiger partial charge >= 0.3 is 0 Å². The fourth-order valence-corrected chi connectivity index (χ4v) is 3.76. The lowest BCUT2D eigenvalue weighted by atomic mass is 9.99. The van der Waals surface area contributed by atoms with Crippen LogP contribution in [-0.4, -0.2) is 33.9 Å². The van der Waals surface area contributed by atoms with Crippen molar-refractivity contribution in [3.8, 4) is 10.6 Å². The number of rotatable bonds is 3. The minimum absolute atomic E-state index is 0.233. The fourth-order valence-electron chi connectivity index (χ4n) is 2.71. The summed E-state index contributed by atoms with van der Waals surface area (Å²) in [4.78, 5) is 24.3. The molecule has 1 aliphatic rings. The summed E-state index contributed by atoms with van der Waals surface area (Å²) in [7, 11) is 0. The number of piperidine rings is 1. The third-order valence-electron chi connectivity index (χ3n) is 4.25. The SMILES string of the molecule is Cc1nc(-c2cccnc2)sc1CC(=O)N1CCC(C)CC1. The van der Waals surface area contributed by atoms with Crippen LogP contribution in [0.2, 0.25) is 0 Å². The van der Waals surface area contributed by atoms with Gasteiger partial charge in [0.2, 0.25) is 5.91 Å². The lowest BCUT2D eigenvalue weighted by Crippen LogP contribution is -2.38. The first-order chi connectivity index (χ1) is 10.6. The molecule has 0 radical (unpaired) electrons. The minimum atomic E-state index is 0.233. The number of hydrogen-bond donors (Lipinski definition) is 0. The largest absolute Gasteiger partial charge is 0.342 e. The second-order valence-corrected chi connectivity index (χ2v) is 7.09. The molecule has 0 atom stereocenters. The predicted molar refractivity (Wildman–Crippen MR) is 88.8 cm³/mol. The van der Waals surface area contributed by atoms with Gasteiger partial charge in [-0.25, -0.2) is 4.98 Å². The zero-order valence-electron chi connectivity index (χ0n) is 13.1. The standard InChI is InChI=1S/C17H21N3OS/c1-12-5-8-20(9-6-12)16(21)10-15-13(2)19-17(22-15)14-4-3-7-18-11-14/h3-4,7,11-12H,5-6,8-10H2,1-2H3. The molecule has 2 aromatic heterocycles. The minimum Gasteiger partial charge on any atom is -0.342 e. The second kappa shape index (κ2) is 6.57. The molecule has 0 saturated carbocycles. The first kappa shape index (κ1) is 15.2. The number of hydrogen-bond acceptors (Lipinski definition) is 4. The number of thiazole rings is 1. The van der Waals surface area contributed by atoms with Crippen LogP contribution in [0.15, 0.2) is 24.5 Å². The van der Waals surface area contributed by atoms with Crippen LogP contribution in [0, 0.1) is 12.8 Å². The number of nitrogens with zero attached hydrogens (tertiary/aromatic N) is 3. The summed E-state index contributed by atoms with van der Waals surface area (Å²) < 4.78 is 0. The van der Waals surface area contributed by atoms with E-state index in [4.69, 9.17) is 0 Å². The Morgan fingerprint density at radius 2 is 2.18 bits per heavy atom. The Kier molecular flexibility index (Phi) is 4.52. The van der Waals surface area contributed by atoms with Crippen LogP contribution in [0.4, 0.5) is 0 Å². The second-order valence-electron chi connectivity index (χ2n) is 6.01. The van der Waals surface area contributed by atoms with Crippen LogP contribution in [0.25, 0.3) is 10.6 Å². The van der Waals surface area contributed by atoms with Crippen LogP contribution in [0.5, 0.6) is 0 Å². The highest BCUT2D eigenvalue weighted by atomic mass is 32.1. The van der Waals surface area contributed by atoms with E-state index in [1.807, 2.05) is 30.2 Å². The molecule has 0 N–H and O–H groups in total. The number of aromatic nitrogens is 2. The van der Waals surface area contributed by atoms with E-state index in [1.54, 1.807) is 17.5 Å². The smallest absolute Gasteiger partial charge is 0.227 e. The number of carbonyl (C=O) groups excluding carboxylic acids is 1. The molecule has 3 heterocycles. The van der Waals surface area contributed by atoms with Gasteiger partial charge in [0.15, 0.2) is 0 Å². The number of carbonyl (C=O) groups is 1. The number of likely N-dealkylation sites (tertiary alicyclic amines) is 1. The molecule has 0 spiro atoms. The highest BCUT2D eigenvalue weighted by molar-refractivity contribution is 7.15. The van der Waals surface area contributed by atoms with Gasteiger partial charge in [0.25, 0.3) is 0 Å². The molecule has 1 amide bonds. The van der Waals surface area contributed by atoms with Gasteiger partial charge in [0.05, 0.1) is 12.1 Å². The average molecular weight is 315 g/mol. The van der Waals surface area contributed by atoms with E-state index in [0.717, 1.165) is 53.0 Å². The molecule has 4 nitrogen and oxygen atoms in total. The lowest BCUT2D eigenvalue weighted by Gasteiger charge is -2.30. The summed E-state index contributed by atoms with van der Waals surface area (Å²) >= 11 is 1.61. The topological polar surface area (TPSA) is 46.1 Å². The Balaban J connectivity index is 1.70. The molecule has 22 heavy (non-hydrogen) atoms. The Bertz CT molecular complexity index is 645. The quantitative estimate of drug-likeness (QED) is 0.873. The summed E-state index contributed by atoms with van der Waals surface area (Å²) in [5, 5.41) is 0.945. The summed E-state index contributed by atoms with van der Waals surface area (Å²) in [6, 6.07) is 3.91. The van der Waals surface area contributed by atoms with Crippen LogP contribution >= 0.6 is 11.3 Å². The van der Waals surface area contributed by atoms with Crippen molar-refractivity contribution in [2.45, 2.75) is 33.1 Å². The van der Waals surface area contributed by atoms with E-state index in [2.05, 4.69) is 16.9 Å². The summed E-state index contributed by atoms with van der Waals surface area (Å²) in [5.41, 5.74) is 1.98. The molecular formula is C17H21N3OS. The highest BCUT2D eigenvalue weighted by Gasteiger charge is 2.22. The van der Waals surface area contributed by atoms with E-state index < -0.39 is 0 Å². The average Bonchev–Trinajstić information content (AvgIpc) is 2.90. The maximum absolute atomic E-state index is 12.5.